The number of benzene rings is 1. The molecule has 0 saturated carbocycles. The first-order valence-corrected chi connectivity index (χ1v) is 4.58. The fourth-order valence-electron chi connectivity index (χ4n) is 1.67. The van der Waals surface area contributed by atoms with Crippen LogP contribution < -0.4 is 4.74 Å². The zero-order valence-electron chi connectivity index (χ0n) is 8.24. The van der Waals surface area contributed by atoms with Gasteiger partial charge < -0.3 is 9.47 Å². The molecule has 0 amide bonds. The molecule has 0 aromatic heterocycles. The van der Waals surface area contributed by atoms with Gasteiger partial charge in [-0.3, -0.25) is 0 Å². The predicted octanol–water partition coefficient (Wildman–Crippen LogP) is 1.97. The maximum absolute atomic E-state index is 11.4. The highest BCUT2D eigenvalue weighted by molar-refractivity contribution is 5.93. The lowest BCUT2D eigenvalue weighted by atomic mass is 10.0. The van der Waals surface area contributed by atoms with Crippen molar-refractivity contribution in [2.75, 3.05) is 13.7 Å². The van der Waals surface area contributed by atoms with Gasteiger partial charge >= 0.3 is 5.97 Å². The highest BCUT2D eigenvalue weighted by Crippen LogP contribution is 2.36. The van der Waals surface area contributed by atoms with Crippen LogP contribution in [0.1, 0.15) is 28.8 Å². The zero-order chi connectivity index (χ0) is 10.1. The Labute approximate surface area is 82.6 Å². The van der Waals surface area contributed by atoms with Gasteiger partial charge in [-0.2, -0.15) is 0 Å². The van der Waals surface area contributed by atoms with E-state index in [1.807, 2.05) is 12.1 Å². The molecule has 1 aliphatic rings. The molecule has 1 heterocycles. The molecule has 14 heavy (non-hydrogen) atoms. The summed E-state index contributed by atoms with van der Waals surface area (Å²) in [5.74, 6) is 0.706. The first-order valence-electron chi connectivity index (χ1n) is 4.58. The number of methoxy groups -OCH3 is 1. The average Bonchev–Trinajstić information content (AvgIpc) is 2.59. The third kappa shape index (κ3) is 1.25. The second-order valence-corrected chi connectivity index (χ2v) is 3.43. The van der Waals surface area contributed by atoms with Crippen molar-refractivity contribution in [3.8, 4) is 5.75 Å². The molecule has 3 heteroatoms. The summed E-state index contributed by atoms with van der Waals surface area (Å²) in [6.07, 6.45) is 0. The maximum Gasteiger partial charge on any atom is 0.341 e. The van der Waals surface area contributed by atoms with Gasteiger partial charge in [-0.25, -0.2) is 4.79 Å². The van der Waals surface area contributed by atoms with E-state index in [4.69, 9.17) is 4.74 Å². The zero-order valence-corrected chi connectivity index (χ0v) is 8.24. The summed E-state index contributed by atoms with van der Waals surface area (Å²) in [6.45, 7) is 2.72. The molecule has 1 aromatic carbocycles. The number of fused-ring (bicyclic) bond motifs is 1. The van der Waals surface area contributed by atoms with E-state index in [0.29, 0.717) is 23.8 Å². The van der Waals surface area contributed by atoms with E-state index >= 15 is 0 Å². The molecule has 74 valence electrons. The van der Waals surface area contributed by atoms with Crippen molar-refractivity contribution >= 4 is 5.97 Å². The molecule has 0 aliphatic carbocycles. The summed E-state index contributed by atoms with van der Waals surface area (Å²) in [5, 5.41) is 0. The van der Waals surface area contributed by atoms with E-state index in [1.165, 1.54) is 7.11 Å². The Morgan fingerprint density at radius 2 is 2.36 bits per heavy atom. The van der Waals surface area contributed by atoms with Crippen LogP contribution in [-0.4, -0.2) is 19.7 Å². The molecule has 1 unspecified atom stereocenters. The molecule has 1 aliphatic heterocycles. The van der Waals surface area contributed by atoms with E-state index in [2.05, 4.69) is 11.7 Å². The molecule has 0 radical (unpaired) electrons. The number of para-hydroxylation sites is 1. The average molecular weight is 192 g/mol. The predicted molar refractivity (Wildman–Crippen MR) is 51.7 cm³/mol. The number of rotatable bonds is 1. The molecule has 1 atom stereocenters. The standard InChI is InChI=1S/C11H12O3/c1-7-6-14-10-8(7)4-3-5-9(10)11(12)13-2/h3-5,7H,6H2,1-2H3. The van der Waals surface area contributed by atoms with E-state index in [0.717, 1.165) is 5.56 Å². The highest BCUT2D eigenvalue weighted by Gasteiger charge is 2.25. The number of hydrogen-bond donors (Lipinski definition) is 0. The van der Waals surface area contributed by atoms with Crippen LogP contribution in [0.15, 0.2) is 18.2 Å². The van der Waals surface area contributed by atoms with Gasteiger partial charge in [-0.15, -0.1) is 0 Å². The van der Waals surface area contributed by atoms with Crippen LogP contribution in [0.2, 0.25) is 0 Å². The van der Waals surface area contributed by atoms with Gasteiger partial charge in [0, 0.05) is 11.5 Å². The lowest BCUT2D eigenvalue weighted by Crippen LogP contribution is -2.03. The number of carbonyl (C=O) groups excluding carboxylic acids is 1. The minimum atomic E-state index is -0.337. The fraction of sp³-hybridized carbons (Fsp3) is 0.364. The van der Waals surface area contributed by atoms with Crippen molar-refractivity contribution in [2.45, 2.75) is 12.8 Å². The van der Waals surface area contributed by atoms with Crippen molar-refractivity contribution < 1.29 is 14.3 Å². The van der Waals surface area contributed by atoms with Gasteiger partial charge in [0.1, 0.15) is 11.3 Å². The summed E-state index contributed by atoms with van der Waals surface area (Å²) in [5.41, 5.74) is 1.61. The Balaban J connectivity index is 2.49. The summed E-state index contributed by atoms with van der Waals surface area (Å²) >= 11 is 0. The van der Waals surface area contributed by atoms with Crippen LogP contribution in [0.5, 0.6) is 5.75 Å². The van der Waals surface area contributed by atoms with Crippen LogP contribution in [0.3, 0.4) is 0 Å². The third-order valence-electron chi connectivity index (χ3n) is 2.46. The molecule has 3 nitrogen and oxygen atoms in total. The van der Waals surface area contributed by atoms with Crippen molar-refractivity contribution in [1.82, 2.24) is 0 Å². The van der Waals surface area contributed by atoms with E-state index < -0.39 is 0 Å². The Hall–Kier alpha value is -1.51. The van der Waals surface area contributed by atoms with Gasteiger partial charge in [0.15, 0.2) is 0 Å². The number of carbonyl (C=O) groups is 1. The third-order valence-corrected chi connectivity index (χ3v) is 2.46. The largest absolute Gasteiger partial charge is 0.492 e. The quantitative estimate of drug-likeness (QED) is 0.638. The van der Waals surface area contributed by atoms with Crippen molar-refractivity contribution in [3.63, 3.8) is 0 Å². The second-order valence-electron chi connectivity index (χ2n) is 3.43. The SMILES string of the molecule is COC(=O)c1cccc2c1OCC2C. The Kier molecular flexibility index (Phi) is 2.15. The van der Waals surface area contributed by atoms with Gasteiger partial charge in [-0.1, -0.05) is 19.1 Å². The number of hydrogen-bond acceptors (Lipinski definition) is 3. The van der Waals surface area contributed by atoms with E-state index in [1.54, 1.807) is 6.07 Å². The van der Waals surface area contributed by atoms with Gasteiger partial charge in [0.2, 0.25) is 0 Å². The Bertz CT molecular complexity index is 371. The molecule has 2 rings (SSSR count). The maximum atomic E-state index is 11.4. The Morgan fingerprint density at radius 3 is 3.07 bits per heavy atom. The minimum Gasteiger partial charge on any atom is -0.492 e. The first-order chi connectivity index (χ1) is 6.74. The number of ether oxygens (including phenoxy) is 2. The van der Waals surface area contributed by atoms with Gasteiger partial charge in [0.05, 0.1) is 13.7 Å². The topological polar surface area (TPSA) is 35.5 Å². The fourth-order valence-corrected chi connectivity index (χ4v) is 1.67. The normalized spacial score (nSPS) is 18.6. The van der Waals surface area contributed by atoms with Crippen LogP contribution in [0, 0.1) is 0 Å². The summed E-state index contributed by atoms with van der Waals surface area (Å²) in [7, 11) is 1.38. The van der Waals surface area contributed by atoms with E-state index in [-0.39, 0.29) is 5.97 Å². The lowest BCUT2D eigenvalue weighted by molar-refractivity contribution is 0.0597. The Morgan fingerprint density at radius 1 is 1.57 bits per heavy atom. The molecule has 0 bridgehead atoms. The summed E-state index contributed by atoms with van der Waals surface area (Å²) in [6, 6.07) is 5.57. The van der Waals surface area contributed by atoms with Crippen LogP contribution in [0.25, 0.3) is 0 Å². The van der Waals surface area contributed by atoms with E-state index in [9.17, 15) is 4.79 Å². The first kappa shape index (κ1) is 9.06. The number of esters is 1. The highest BCUT2D eigenvalue weighted by atomic mass is 16.5. The summed E-state index contributed by atoms with van der Waals surface area (Å²) in [4.78, 5) is 11.4. The monoisotopic (exact) mass is 192 g/mol. The molecule has 0 fully saturated rings. The van der Waals surface area contributed by atoms with Crippen LogP contribution in [-0.2, 0) is 4.74 Å². The molecule has 0 N–H and O–H groups in total. The minimum absolute atomic E-state index is 0.337. The van der Waals surface area contributed by atoms with Crippen LogP contribution in [0.4, 0.5) is 0 Å². The molecular weight excluding hydrogens is 180 g/mol. The van der Waals surface area contributed by atoms with Gasteiger partial charge in [0.25, 0.3) is 0 Å². The van der Waals surface area contributed by atoms with Crippen molar-refractivity contribution in [1.29, 1.82) is 0 Å². The lowest BCUT2D eigenvalue weighted by Gasteiger charge is -2.05. The van der Waals surface area contributed by atoms with Crippen molar-refractivity contribution in [3.05, 3.63) is 29.3 Å². The van der Waals surface area contributed by atoms with Crippen molar-refractivity contribution in [2.24, 2.45) is 0 Å². The van der Waals surface area contributed by atoms with Gasteiger partial charge in [-0.05, 0) is 6.07 Å². The molecular formula is C11H12O3. The second kappa shape index (κ2) is 3.33. The molecule has 0 spiro atoms. The molecule has 0 saturated heterocycles. The smallest absolute Gasteiger partial charge is 0.341 e. The summed E-state index contributed by atoms with van der Waals surface area (Å²) < 4.78 is 10.1. The van der Waals surface area contributed by atoms with Crippen LogP contribution >= 0.6 is 0 Å². The molecule has 1 aromatic rings.